The Morgan fingerprint density at radius 2 is 1.42 bits per heavy atom. The van der Waals surface area contributed by atoms with E-state index in [0.29, 0.717) is 5.54 Å². The second-order valence-electron chi connectivity index (χ2n) is 6.28. The highest BCUT2D eigenvalue weighted by Gasteiger charge is 2.32. The van der Waals surface area contributed by atoms with Gasteiger partial charge in [-0.3, -0.25) is 5.32 Å². The molecule has 0 bridgehead atoms. The molecule has 1 fully saturated rings. The van der Waals surface area contributed by atoms with E-state index in [2.05, 4.69) is 19.2 Å². The van der Waals surface area contributed by atoms with E-state index < -0.39 is 0 Å². The second kappa shape index (κ2) is 10.7. The highest BCUT2D eigenvalue weighted by molar-refractivity contribution is 4.89. The Labute approximate surface area is 120 Å². The predicted octanol–water partition coefficient (Wildman–Crippen LogP) is 5.02. The van der Waals surface area contributed by atoms with Gasteiger partial charge < -0.3 is 4.74 Å². The molecule has 0 saturated carbocycles. The fraction of sp³-hybridized carbons (Fsp3) is 1.00. The van der Waals surface area contributed by atoms with Crippen LogP contribution in [0.5, 0.6) is 0 Å². The lowest BCUT2D eigenvalue weighted by molar-refractivity contribution is 0.169. The van der Waals surface area contributed by atoms with Crippen LogP contribution >= 0.6 is 0 Å². The number of nitrogens with one attached hydrogen (secondary N) is 1. The van der Waals surface area contributed by atoms with E-state index in [9.17, 15) is 0 Å². The van der Waals surface area contributed by atoms with E-state index >= 15 is 0 Å². The van der Waals surface area contributed by atoms with E-state index in [1.807, 2.05) is 0 Å². The van der Waals surface area contributed by atoms with Gasteiger partial charge in [0.2, 0.25) is 0 Å². The summed E-state index contributed by atoms with van der Waals surface area (Å²) in [5, 5.41) is 3.57. The van der Waals surface area contributed by atoms with Crippen LogP contribution in [0.1, 0.15) is 90.9 Å². The van der Waals surface area contributed by atoms with Crippen molar-refractivity contribution in [1.29, 1.82) is 0 Å². The highest BCUT2D eigenvalue weighted by Crippen LogP contribution is 2.25. The molecular formula is C17H35NO. The molecule has 1 unspecified atom stereocenters. The summed E-state index contributed by atoms with van der Waals surface area (Å²) in [6.45, 7) is 6.25. The topological polar surface area (TPSA) is 21.3 Å². The minimum Gasteiger partial charge on any atom is -0.364 e. The summed E-state index contributed by atoms with van der Waals surface area (Å²) in [7, 11) is 0. The molecule has 1 aliphatic rings. The van der Waals surface area contributed by atoms with Crippen LogP contribution in [0.15, 0.2) is 0 Å². The molecule has 114 valence electrons. The SMILES string of the molecule is CCCCCCCCCCCC1(CCC)COCN1. The quantitative estimate of drug-likeness (QED) is 0.502. The van der Waals surface area contributed by atoms with E-state index in [0.717, 1.165) is 13.3 Å². The summed E-state index contributed by atoms with van der Waals surface area (Å²) in [4.78, 5) is 0. The third-order valence-corrected chi connectivity index (χ3v) is 4.42. The molecule has 1 heterocycles. The molecule has 1 N–H and O–H groups in total. The smallest absolute Gasteiger partial charge is 0.0971 e. The molecule has 0 amide bonds. The first-order valence-electron chi connectivity index (χ1n) is 8.66. The van der Waals surface area contributed by atoms with Crippen LogP contribution in [0.3, 0.4) is 0 Å². The first-order chi connectivity index (χ1) is 9.33. The Balaban J connectivity index is 1.94. The van der Waals surface area contributed by atoms with Crippen LogP contribution < -0.4 is 5.32 Å². The van der Waals surface area contributed by atoms with Crippen molar-refractivity contribution < 1.29 is 4.74 Å². The Hall–Kier alpha value is -0.0800. The van der Waals surface area contributed by atoms with E-state index in [-0.39, 0.29) is 0 Å². The summed E-state index contributed by atoms with van der Waals surface area (Å²) in [5.74, 6) is 0. The molecule has 1 atom stereocenters. The maximum absolute atomic E-state index is 5.53. The number of hydrogen-bond donors (Lipinski definition) is 1. The molecule has 0 spiro atoms. The average Bonchev–Trinajstić information content (AvgIpc) is 2.86. The first kappa shape index (κ1) is 17.0. The van der Waals surface area contributed by atoms with Crippen molar-refractivity contribution in [2.45, 2.75) is 96.4 Å². The lowest BCUT2D eigenvalue weighted by Gasteiger charge is -2.27. The number of hydrogen-bond acceptors (Lipinski definition) is 2. The Bertz CT molecular complexity index is 199. The minimum atomic E-state index is 0.315. The standard InChI is InChI=1S/C17H35NO/c1-3-5-6-7-8-9-10-11-12-14-17(13-4-2)15-19-16-18-17/h18H,3-16H2,1-2H3. The second-order valence-corrected chi connectivity index (χ2v) is 6.28. The van der Waals surface area contributed by atoms with Crippen LogP contribution in [0.4, 0.5) is 0 Å². The van der Waals surface area contributed by atoms with Gasteiger partial charge in [0.1, 0.15) is 0 Å². The van der Waals surface area contributed by atoms with E-state index in [4.69, 9.17) is 4.74 Å². The van der Waals surface area contributed by atoms with Crippen molar-refractivity contribution in [3.63, 3.8) is 0 Å². The first-order valence-corrected chi connectivity index (χ1v) is 8.66. The largest absolute Gasteiger partial charge is 0.364 e. The van der Waals surface area contributed by atoms with Gasteiger partial charge in [-0.05, 0) is 12.8 Å². The molecule has 1 aliphatic heterocycles. The lowest BCUT2D eigenvalue weighted by atomic mass is 9.89. The van der Waals surface area contributed by atoms with Gasteiger partial charge in [0.05, 0.1) is 13.3 Å². The summed E-state index contributed by atoms with van der Waals surface area (Å²) in [5.41, 5.74) is 0.315. The number of rotatable bonds is 12. The van der Waals surface area contributed by atoms with Crippen LogP contribution in [0.25, 0.3) is 0 Å². The minimum absolute atomic E-state index is 0.315. The molecule has 0 aliphatic carbocycles. The highest BCUT2D eigenvalue weighted by atomic mass is 16.5. The zero-order chi connectivity index (χ0) is 13.8. The van der Waals surface area contributed by atoms with Gasteiger partial charge >= 0.3 is 0 Å². The van der Waals surface area contributed by atoms with Crippen LogP contribution in [-0.2, 0) is 4.74 Å². The molecule has 2 nitrogen and oxygen atoms in total. The van der Waals surface area contributed by atoms with Crippen molar-refractivity contribution in [3.05, 3.63) is 0 Å². The summed E-state index contributed by atoms with van der Waals surface area (Å²) < 4.78 is 5.53. The Morgan fingerprint density at radius 3 is 1.95 bits per heavy atom. The fourth-order valence-electron chi connectivity index (χ4n) is 3.20. The van der Waals surface area contributed by atoms with Gasteiger partial charge in [0, 0.05) is 5.54 Å². The Morgan fingerprint density at radius 1 is 0.789 bits per heavy atom. The summed E-state index contributed by atoms with van der Waals surface area (Å²) in [6.07, 6.45) is 16.6. The van der Waals surface area contributed by atoms with Crippen molar-refractivity contribution in [2.75, 3.05) is 13.3 Å². The lowest BCUT2D eigenvalue weighted by Crippen LogP contribution is -2.42. The van der Waals surface area contributed by atoms with Crippen molar-refractivity contribution >= 4 is 0 Å². The molecule has 1 saturated heterocycles. The van der Waals surface area contributed by atoms with Crippen LogP contribution in [0.2, 0.25) is 0 Å². The maximum Gasteiger partial charge on any atom is 0.0971 e. The van der Waals surface area contributed by atoms with Gasteiger partial charge in [-0.25, -0.2) is 0 Å². The van der Waals surface area contributed by atoms with E-state index in [1.54, 1.807) is 0 Å². The van der Waals surface area contributed by atoms with Crippen molar-refractivity contribution in [1.82, 2.24) is 5.32 Å². The third kappa shape index (κ3) is 7.31. The molecule has 0 aromatic rings. The zero-order valence-corrected chi connectivity index (χ0v) is 13.3. The van der Waals surface area contributed by atoms with Gasteiger partial charge in [-0.1, -0.05) is 78.1 Å². The molecule has 0 aromatic heterocycles. The molecule has 19 heavy (non-hydrogen) atoms. The van der Waals surface area contributed by atoms with Crippen molar-refractivity contribution in [2.24, 2.45) is 0 Å². The third-order valence-electron chi connectivity index (χ3n) is 4.42. The van der Waals surface area contributed by atoms with Crippen LogP contribution in [0, 0.1) is 0 Å². The van der Waals surface area contributed by atoms with Gasteiger partial charge in [0.15, 0.2) is 0 Å². The van der Waals surface area contributed by atoms with Crippen molar-refractivity contribution in [3.8, 4) is 0 Å². The predicted molar refractivity (Wildman–Crippen MR) is 83.4 cm³/mol. The number of ether oxygens (including phenoxy) is 1. The van der Waals surface area contributed by atoms with Gasteiger partial charge in [-0.2, -0.15) is 0 Å². The molecule has 2 heteroatoms. The zero-order valence-electron chi connectivity index (χ0n) is 13.3. The van der Waals surface area contributed by atoms with Gasteiger partial charge in [-0.15, -0.1) is 0 Å². The fourth-order valence-corrected chi connectivity index (χ4v) is 3.20. The Kier molecular flexibility index (Phi) is 9.54. The summed E-state index contributed by atoms with van der Waals surface area (Å²) >= 11 is 0. The monoisotopic (exact) mass is 269 g/mol. The summed E-state index contributed by atoms with van der Waals surface area (Å²) in [6, 6.07) is 0. The maximum atomic E-state index is 5.53. The molecule has 1 rings (SSSR count). The number of unbranched alkanes of at least 4 members (excludes halogenated alkanes) is 8. The van der Waals surface area contributed by atoms with E-state index in [1.165, 1.54) is 77.0 Å². The molecular weight excluding hydrogens is 234 g/mol. The molecule has 0 aromatic carbocycles. The average molecular weight is 269 g/mol. The van der Waals surface area contributed by atoms with Crippen LogP contribution in [-0.4, -0.2) is 18.9 Å². The molecule has 0 radical (unpaired) electrons. The van der Waals surface area contributed by atoms with Gasteiger partial charge in [0.25, 0.3) is 0 Å². The normalized spacial score (nSPS) is 23.1.